The summed E-state index contributed by atoms with van der Waals surface area (Å²) in [5, 5.41) is 9.45. The third-order valence-electron chi connectivity index (χ3n) is 4.25. The molecule has 4 rings (SSSR count). The molecular weight excluding hydrogens is 291 g/mol. The predicted octanol–water partition coefficient (Wildman–Crippen LogP) is 3.59. The van der Waals surface area contributed by atoms with Crippen LogP contribution in [0.4, 0.5) is 10.2 Å². The van der Waals surface area contributed by atoms with Gasteiger partial charge in [-0.3, -0.25) is 4.90 Å². The van der Waals surface area contributed by atoms with Gasteiger partial charge in [0.05, 0.1) is 6.10 Å². The quantitative estimate of drug-likeness (QED) is 0.580. The van der Waals surface area contributed by atoms with Crippen molar-refractivity contribution in [3.8, 4) is 23.6 Å². The van der Waals surface area contributed by atoms with Crippen molar-refractivity contribution in [1.29, 1.82) is 0 Å². The zero-order valence-electron chi connectivity index (χ0n) is 12.8. The maximum Gasteiger partial charge on any atom is 0.176 e. The lowest BCUT2D eigenvalue weighted by Crippen LogP contribution is -2.36. The van der Waals surface area contributed by atoms with Crippen molar-refractivity contribution in [3.63, 3.8) is 0 Å². The zero-order valence-corrected chi connectivity index (χ0v) is 12.8. The highest BCUT2D eigenvalue weighted by molar-refractivity contribution is 5.80. The summed E-state index contributed by atoms with van der Waals surface area (Å²) in [7, 11) is 0. The molecular formula is C19H19FN2O. The molecule has 0 radical (unpaired) electrons. The van der Waals surface area contributed by atoms with E-state index in [9.17, 15) is 9.50 Å². The number of rotatable bonds is 2. The molecule has 0 atom stereocenters. The van der Waals surface area contributed by atoms with Crippen LogP contribution in [-0.4, -0.2) is 22.2 Å². The summed E-state index contributed by atoms with van der Waals surface area (Å²) in [5.74, 6) is -0.201. The Kier molecular flexibility index (Phi) is 4.59. The number of aromatic nitrogens is 1. The van der Waals surface area contributed by atoms with Crippen molar-refractivity contribution in [2.45, 2.75) is 37.8 Å². The molecule has 0 unspecified atom stereocenters. The van der Waals surface area contributed by atoms with E-state index in [0.29, 0.717) is 12.8 Å². The number of hydrogen-bond donors (Lipinski definition) is 1. The lowest BCUT2D eigenvalue weighted by Gasteiger charge is -2.32. The highest BCUT2D eigenvalue weighted by Gasteiger charge is 2.26. The summed E-state index contributed by atoms with van der Waals surface area (Å²) < 4.78 is 13.6. The third kappa shape index (κ3) is 3.69. The van der Waals surface area contributed by atoms with E-state index in [1.165, 1.54) is 29.5 Å². The van der Waals surface area contributed by atoms with Crippen LogP contribution in [0.2, 0.25) is 0 Å². The minimum atomic E-state index is -0.406. The average molecular weight is 310 g/mol. The van der Waals surface area contributed by atoms with Gasteiger partial charge in [-0.05, 0) is 55.0 Å². The Morgan fingerprint density at radius 3 is 2.30 bits per heavy atom. The molecule has 0 aliphatic heterocycles. The fourth-order valence-electron chi connectivity index (χ4n) is 2.89. The predicted molar refractivity (Wildman–Crippen MR) is 89.2 cm³/mol. The first-order valence-electron chi connectivity index (χ1n) is 7.83. The molecule has 0 spiro atoms. The van der Waals surface area contributed by atoms with Gasteiger partial charge in [0, 0.05) is 18.3 Å². The van der Waals surface area contributed by atoms with E-state index in [4.69, 9.17) is 6.42 Å². The molecule has 0 amide bonds. The van der Waals surface area contributed by atoms with Gasteiger partial charge in [0.15, 0.2) is 11.6 Å². The summed E-state index contributed by atoms with van der Waals surface area (Å²) in [6.45, 7) is 0. The summed E-state index contributed by atoms with van der Waals surface area (Å²) in [5.41, 5.74) is 2.85. The Hall–Kier alpha value is -2.38. The van der Waals surface area contributed by atoms with E-state index in [-0.39, 0.29) is 18.0 Å². The number of pyridine rings is 1. The van der Waals surface area contributed by atoms with Crippen LogP contribution >= 0.6 is 0 Å². The Morgan fingerprint density at radius 1 is 1.13 bits per heavy atom. The summed E-state index contributed by atoms with van der Waals surface area (Å²) in [4.78, 5) is 5.53. The van der Waals surface area contributed by atoms with Crippen LogP contribution < -0.4 is 4.90 Å². The number of hydrogen-bond acceptors (Lipinski definition) is 3. The molecule has 0 bridgehead atoms. The second-order valence-corrected chi connectivity index (χ2v) is 5.85. The van der Waals surface area contributed by atoms with Crippen LogP contribution in [0.15, 0.2) is 42.6 Å². The monoisotopic (exact) mass is 310 g/mol. The van der Waals surface area contributed by atoms with E-state index in [2.05, 4.69) is 35.3 Å². The van der Waals surface area contributed by atoms with E-state index >= 15 is 0 Å². The van der Waals surface area contributed by atoms with Gasteiger partial charge in [0.2, 0.25) is 0 Å². The van der Waals surface area contributed by atoms with Gasteiger partial charge < -0.3 is 5.11 Å². The molecule has 0 aromatic carbocycles. The molecule has 1 saturated carbocycles. The van der Waals surface area contributed by atoms with Crippen LogP contribution in [0.25, 0.3) is 11.1 Å². The second-order valence-electron chi connectivity index (χ2n) is 5.85. The van der Waals surface area contributed by atoms with E-state index in [0.717, 1.165) is 12.8 Å². The Bertz CT molecular complexity index is 700. The lowest BCUT2D eigenvalue weighted by molar-refractivity contribution is 0.123. The average Bonchev–Trinajstić information content (AvgIpc) is 3.18. The first-order chi connectivity index (χ1) is 11.2. The minimum absolute atomic E-state index is 0.0628. The number of nitrogens with zero attached hydrogens (tertiary/aromatic N) is 2. The molecule has 3 aliphatic carbocycles. The van der Waals surface area contributed by atoms with Crippen molar-refractivity contribution in [3.05, 3.63) is 48.4 Å². The third-order valence-corrected chi connectivity index (χ3v) is 4.25. The van der Waals surface area contributed by atoms with Gasteiger partial charge in [-0.2, -0.15) is 0 Å². The van der Waals surface area contributed by atoms with Gasteiger partial charge in [0.25, 0.3) is 0 Å². The van der Waals surface area contributed by atoms with Crippen LogP contribution in [0.3, 0.4) is 0 Å². The number of fused-ring (bicyclic) bond motifs is 1. The van der Waals surface area contributed by atoms with E-state index in [1.807, 2.05) is 0 Å². The first-order valence-corrected chi connectivity index (χ1v) is 7.83. The van der Waals surface area contributed by atoms with Gasteiger partial charge in [-0.25, -0.2) is 9.37 Å². The Balaban J connectivity index is 0.000000213. The number of aliphatic hydroxyl groups excluding tert-OH is 1. The fraction of sp³-hybridized carbons (Fsp3) is 0.316. The Labute approximate surface area is 135 Å². The lowest BCUT2D eigenvalue weighted by atomic mass is 9.92. The number of halogens is 1. The van der Waals surface area contributed by atoms with Gasteiger partial charge in [-0.1, -0.05) is 24.6 Å². The molecule has 3 aliphatic rings. The standard InChI is InChI=1S/C13H15FN2O.C6H4/c1-2-16(10-5-7-11(17)8-6-10)13-12(14)4-3-9-15-13;1-2-5-4-6(5)3-1/h1,3-4,9-11,17H,5-8H2;1-4H. The Morgan fingerprint density at radius 2 is 1.83 bits per heavy atom. The number of aliphatic hydroxyl groups is 1. The summed E-state index contributed by atoms with van der Waals surface area (Å²) in [6, 6.07) is 13.9. The first kappa shape index (κ1) is 15.5. The molecule has 1 fully saturated rings. The SMILES string of the molecule is C#CN(c1ncccc1F)C1CCC(O)CC1.c1cc2cc-2c1. The molecule has 0 saturated heterocycles. The maximum atomic E-state index is 13.6. The molecule has 3 nitrogen and oxygen atoms in total. The molecule has 1 N–H and O–H groups in total. The highest BCUT2D eigenvalue weighted by atomic mass is 19.1. The molecule has 23 heavy (non-hydrogen) atoms. The topological polar surface area (TPSA) is 36.4 Å². The van der Waals surface area contributed by atoms with Crippen LogP contribution in [0.1, 0.15) is 25.7 Å². The van der Waals surface area contributed by atoms with Crippen molar-refractivity contribution in [2.75, 3.05) is 4.90 Å². The summed E-state index contributed by atoms with van der Waals surface area (Å²) in [6.07, 6.45) is 9.67. The number of benzene rings is 1. The molecule has 1 heterocycles. The minimum Gasteiger partial charge on any atom is -0.393 e. The van der Waals surface area contributed by atoms with Crippen molar-refractivity contribution in [1.82, 2.24) is 4.98 Å². The molecule has 1 aromatic heterocycles. The maximum absolute atomic E-state index is 13.6. The smallest absolute Gasteiger partial charge is 0.176 e. The molecule has 4 heteroatoms. The second kappa shape index (κ2) is 6.80. The van der Waals surface area contributed by atoms with Crippen molar-refractivity contribution in [2.24, 2.45) is 0 Å². The van der Waals surface area contributed by atoms with Crippen LogP contribution in [0.5, 0.6) is 0 Å². The largest absolute Gasteiger partial charge is 0.393 e. The highest BCUT2D eigenvalue weighted by Crippen LogP contribution is 2.32. The van der Waals surface area contributed by atoms with E-state index in [1.54, 1.807) is 4.90 Å². The number of terminal acetylenes is 1. The van der Waals surface area contributed by atoms with Gasteiger partial charge in [-0.15, -0.1) is 0 Å². The van der Waals surface area contributed by atoms with Crippen molar-refractivity contribution < 1.29 is 9.50 Å². The molecule has 1 aromatic rings. The number of anilines is 1. The van der Waals surface area contributed by atoms with E-state index < -0.39 is 5.82 Å². The van der Waals surface area contributed by atoms with Gasteiger partial charge in [0.1, 0.15) is 0 Å². The zero-order chi connectivity index (χ0) is 16.2. The van der Waals surface area contributed by atoms with Crippen LogP contribution in [0, 0.1) is 18.3 Å². The fourth-order valence-corrected chi connectivity index (χ4v) is 2.89. The normalized spacial score (nSPS) is 20.7. The van der Waals surface area contributed by atoms with Gasteiger partial charge >= 0.3 is 0 Å². The molecule has 118 valence electrons. The van der Waals surface area contributed by atoms with Crippen LogP contribution in [-0.2, 0) is 0 Å². The van der Waals surface area contributed by atoms with Crippen molar-refractivity contribution >= 4 is 5.82 Å². The summed E-state index contributed by atoms with van der Waals surface area (Å²) >= 11 is 0.